The van der Waals surface area contributed by atoms with Crippen molar-refractivity contribution in [3.8, 4) is 28.7 Å². The second kappa shape index (κ2) is 12.7. The van der Waals surface area contributed by atoms with Crippen molar-refractivity contribution < 1.29 is 38.1 Å². The first kappa shape index (κ1) is 29.2. The van der Waals surface area contributed by atoms with E-state index >= 15 is 0 Å². The van der Waals surface area contributed by atoms with Crippen LogP contribution in [0, 0.1) is 5.92 Å². The van der Waals surface area contributed by atoms with Gasteiger partial charge in [-0.05, 0) is 66.8 Å². The van der Waals surface area contributed by atoms with Crippen molar-refractivity contribution in [3.05, 3.63) is 77.4 Å². The van der Waals surface area contributed by atoms with E-state index in [-0.39, 0.29) is 37.4 Å². The predicted molar refractivity (Wildman–Crippen MR) is 160 cm³/mol. The van der Waals surface area contributed by atoms with Crippen LogP contribution in [0.5, 0.6) is 28.7 Å². The zero-order valence-corrected chi connectivity index (χ0v) is 24.7. The number of fused-ring (bicyclic) bond motifs is 7. The molecule has 3 amide bonds. The number of hydrogen-bond acceptors (Lipinski definition) is 8. The number of hydrogen-bond donors (Lipinski definition) is 2. The maximum absolute atomic E-state index is 13.7. The van der Waals surface area contributed by atoms with Gasteiger partial charge in [0.25, 0.3) is 17.7 Å². The van der Waals surface area contributed by atoms with Crippen LogP contribution in [0.25, 0.3) is 0 Å². The molecule has 3 heterocycles. The van der Waals surface area contributed by atoms with E-state index in [0.717, 1.165) is 18.4 Å². The second-order valence-electron chi connectivity index (χ2n) is 11.2. The number of methoxy groups -OCH3 is 2. The molecule has 1 aliphatic carbocycles. The fourth-order valence-electron chi connectivity index (χ4n) is 5.23. The Morgan fingerprint density at radius 1 is 0.932 bits per heavy atom. The third-order valence-corrected chi connectivity index (χ3v) is 7.90. The van der Waals surface area contributed by atoms with E-state index in [1.54, 1.807) is 53.4 Å². The quantitative estimate of drug-likeness (QED) is 0.442. The van der Waals surface area contributed by atoms with Crippen molar-refractivity contribution >= 4 is 17.7 Å². The average molecular weight is 602 g/mol. The molecule has 3 aliphatic heterocycles. The molecular weight excluding hydrogens is 566 g/mol. The standard InChI is InChI=1S/C33H35N3O8/c1-40-28-10-7-22(13-29(28)41-2)33(39)36-16-27-30(17-36)44-24-8-5-20(6-9-24)15-34-31(37)19-43-26-12-23(32(38)35-27)11-25(14-26)42-18-21-3-4-21/h5-14,21,27,30H,3-4,15-19H2,1-2H3,(H,34,37)(H,35,38)/t27-,30-/m0/s1. The molecule has 0 unspecified atom stereocenters. The van der Waals surface area contributed by atoms with Crippen LogP contribution in [0.2, 0.25) is 0 Å². The Labute approximate surface area is 255 Å². The molecule has 11 heteroatoms. The molecule has 1 saturated carbocycles. The van der Waals surface area contributed by atoms with Crippen molar-refractivity contribution in [2.45, 2.75) is 31.5 Å². The number of carbonyl (C=O) groups excluding carboxylic acids is 3. The number of likely N-dealkylation sites (tertiary alicyclic amines) is 1. The predicted octanol–water partition coefficient (Wildman–Crippen LogP) is 3.20. The summed E-state index contributed by atoms with van der Waals surface area (Å²) in [4.78, 5) is 41.4. The summed E-state index contributed by atoms with van der Waals surface area (Å²) in [6.07, 6.45) is 1.70. The fraction of sp³-hybridized carbons (Fsp3) is 0.364. The van der Waals surface area contributed by atoms with E-state index in [1.165, 1.54) is 14.2 Å². The number of nitrogens with zero attached hydrogens (tertiary/aromatic N) is 1. The van der Waals surface area contributed by atoms with Gasteiger partial charge in [-0.1, -0.05) is 12.1 Å². The Bertz CT molecular complexity index is 1540. The van der Waals surface area contributed by atoms with Crippen LogP contribution in [0.15, 0.2) is 60.7 Å². The molecule has 11 nitrogen and oxygen atoms in total. The van der Waals surface area contributed by atoms with Crippen LogP contribution < -0.4 is 34.3 Å². The molecule has 2 atom stereocenters. The molecule has 0 radical (unpaired) electrons. The highest BCUT2D eigenvalue weighted by Crippen LogP contribution is 2.32. The molecule has 3 aromatic rings. The van der Waals surface area contributed by atoms with Gasteiger partial charge in [0, 0.05) is 30.3 Å². The van der Waals surface area contributed by atoms with Gasteiger partial charge in [0.2, 0.25) is 0 Å². The largest absolute Gasteiger partial charge is 0.493 e. The first-order valence-electron chi connectivity index (χ1n) is 14.6. The number of carbonyl (C=O) groups is 3. The van der Waals surface area contributed by atoms with Crippen LogP contribution in [0.4, 0.5) is 0 Å². The summed E-state index contributed by atoms with van der Waals surface area (Å²) in [6, 6.07) is 16.7. The van der Waals surface area contributed by atoms with Gasteiger partial charge < -0.3 is 39.2 Å². The molecule has 0 aromatic heterocycles. The van der Waals surface area contributed by atoms with E-state index in [1.807, 2.05) is 12.1 Å². The van der Waals surface area contributed by atoms with E-state index in [0.29, 0.717) is 58.9 Å². The Hall–Kier alpha value is -4.93. The van der Waals surface area contributed by atoms with Gasteiger partial charge in [0.1, 0.15) is 23.4 Å². The summed E-state index contributed by atoms with van der Waals surface area (Å²) >= 11 is 0. The minimum Gasteiger partial charge on any atom is -0.493 e. The monoisotopic (exact) mass is 601 g/mol. The second-order valence-corrected chi connectivity index (χ2v) is 11.2. The van der Waals surface area contributed by atoms with Crippen LogP contribution in [-0.4, -0.2) is 75.3 Å². The molecule has 44 heavy (non-hydrogen) atoms. The molecule has 2 fully saturated rings. The number of ether oxygens (including phenoxy) is 5. The third-order valence-electron chi connectivity index (χ3n) is 7.90. The Kier molecular flexibility index (Phi) is 8.44. The van der Waals surface area contributed by atoms with Gasteiger partial charge >= 0.3 is 0 Å². The maximum atomic E-state index is 13.7. The van der Waals surface area contributed by atoms with Gasteiger partial charge in [-0.2, -0.15) is 0 Å². The minimum atomic E-state index is -0.533. The zero-order chi connectivity index (χ0) is 30.6. The molecule has 230 valence electrons. The van der Waals surface area contributed by atoms with Crippen LogP contribution in [-0.2, 0) is 11.3 Å². The molecule has 7 rings (SSSR count). The molecular formula is C33H35N3O8. The molecule has 4 bridgehead atoms. The van der Waals surface area contributed by atoms with Gasteiger partial charge in [0.05, 0.1) is 33.4 Å². The van der Waals surface area contributed by atoms with Crippen molar-refractivity contribution in [1.82, 2.24) is 15.5 Å². The zero-order valence-electron chi connectivity index (χ0n) is 24.7. The van der Waals surface area contributed by atoms with Gasteiger partial charge in [-0.25, -0.2) is 0 Å². The third kappa shape index (κ3) is 6.82. The average Bonchev–Trinajstić information content (AvgIpc) is 3.80. The highest BCUT2D eigenvalue weighted by molar-refractivity contribution is 5.97. The maximum Gasteiger partial charge on any atom is 0.258 e. The van der Waals surface area contributed by atoms with Crippen molar-refractivity contribution in [1.29, 1.82) is 0 Å². The van der Waals surface area contributed by atoms with Crippen molar-refractivity contribution in [2.75, 3.05) is 40.5 Å². The molecule has 1 saturated heterocycles. The van der Waals surface area contributed by atoms with Crippen LogP contribution >= 0.6 is 0 Å². The fourth-order valence-corrected chi connectivity index (χ4v) is 5.23. The summed E-state index contributed by atoms with van der Waals surface area (Å²) < 4.78 is 28.8. The SMILES string of the molecule is COc1ccc(C(=O)N2C[C@@H]3NC(=O)c4cc(cc(OCC5CC5)c4)OCC(=O)NCc4ccc(cc4)O[C@H]3C2)cc1OC. The van der Waals surface area contributed by atoms with E-state index < -0.39 is 12.1 Å². The van der Waals surface area contributed by atoms with E-state index in [9.17, 15) is 14.4 Å². The highest BCUT2D eigenvalue weighted by Gasteiger charge is 2.39. The molecule has 0 spiro atoms. The first-order chi connectivity index (χ1) is 21.4. The van der Waals surface area contributed by atoms with Crippen molar-refractivity contribution in [3.63, 3.8) is 0 Å². The summed E-state index contributed by atoms with van der Waals surface area (Å²) in [6.45, 7) is 1.12. The first-order valence-corrected chi connectivity index (χ1v) is 14.6. The minimum absolute atomic E-state index is 0.216. The highest BCUT2D eigenvalue weighted by atomic mass is 16.5. The Morgan fingerprint density at radius 3 is 2.48 bits per heavy atom. The van der Waals surface area contributed by atoms with Gasteiger partial charge in [-0.3, -0.25) is 14.4 Å². The lowest BCUT2D eigenvalue weighted by molar-refractivity contribution is -0.123. The lowest BCUT2D eigenvalue weighted by Gasteiger charge is -2.21. The number of nitrogens with one attached hydrogen (secondary N) is 2. The summed E-state index contributed by atoms with van der Waals surface area (Å²) in [5, 5.41) is 5.91. The van der Waals surface area contributed by atoms with Crippen LogP contribution in [0.3, 0.4) is 0 Å². The van der Waals surface area contributed by atoms with E-state index in [2.05, 4.69) is 10.6 Å². The Morgan fingerprint density at radius 2 is 1.73 bits per heavy atom. The van der Waals surface area contributed by atoms with Gasteiger partial charge in [0.15, 0.2) is 18.1 Å². The van der Waals surface area contributed by atoms with Gasteiger partial charge in [-0.15, -0.1) is 0 Å². The molecule has 2 N–H and O–H groups in total. The smallest absolute Gasteiger partial charge is 0.258 e. The van der Waals surface area contributed by atoms with Crippen molar-refractivity contribution in [2.24, 2.45) is 5.92 Å². The summed E-state index contributed by atoms with van der Waals surface area (Å²) in [5.74, 6) is 1.98. The number of amides is 3. The normalized spacial score (nSPS) is 19.9. The lowest BCUT2D eigenvalue weighted by atomic mass is 10.1. The molecule has 3 aromatic carbocycles. The van der Waals surface area contributed by atoms with E-state index in [4.69, 9.17) is 23.7 Å². The molecule has 4 aliphatic rings. The summed E-state index contributed by atoms with van der Waals surface area (Å²) in [7, 11) is 3.05. The topological polar surface area (TPSA) is 125 Å². The Balaban J connectivity index is 1.28. The lowest BCUT2D eigenvalue weighted by Crippen LogP contribution is -2.45. The summed E-state index contributed by atoms with van der Waals surface area (Å²) in [5.41, 5.74) is 1.62. The van der Waals surface area contributed by atoms with Crippen LogP contribution in [0.1, 0.15) is 39.1 Å². The number of benzene rings is 3. The number of rotatable bonds is 6.